The summed E-state index contributed by atoms with van der Waals surface area (Å²) in [4.78, 5) is 0. The summed E-state index contributed by atoms with van der Waals surface area (Å²) in [5, 5.41) is 0. The molecule has 150 valence electrons. The van der Waals surface area contributed by atoms with Crippen LogP contribution in [-0.4, -0.2) is 21.0 Å². The third-order valence-electron chi connectivity index (χ3n) is 3.81. The Morgan fingerprint density at radius 3 is 1.88 bits per heavy atom. The van der Waals surface area contributed by atoms with Gasteiger partial charge < -0.3 is 0 Å². The van der Waals surface area contributed by atoms with Crippen LogP contribution in [0.1, 0.15) is 64.2 Å². The summed E-state index contributed by atoms with van der Waals surface area (Å²) < 4.78 is 78.4. The van der Waals surface area contributed by atoms with Gasteiger partial charge in [0.1, 0.15) is 0 Å². The van der Waals surface area contributed by atoms with Crippen molar-refractivity contribution in [2.75, 3.05) is 0 Å². The summed E-state index contributed by atoms with van der Waals surface area (Å²) in [6, 6.07) is 4.63. The molecule has 0 bridgehead atoms. The van der Waals surface area contributed by atoms with Gasteiger partial charge in [0, 0.05) is 25.0 Å². The van der Waals surface area contributed by atoms with E-state index in [1.165, 1.54) is 24.5 Å². The van der Waals surface area contributed by atoms with Gasteiger partial charge >= 0.3 is 16.5 Å². The van der Waals surface area contributed by atoms with Crippen LogP contribution in [0.3, 0.4) is 0 Å². The molecule has 4 nitrogen and oxygen atoms in total. The van der Waals surface area contributed by atoms with Crippen LogP contribution < -0.4 is 3.97 Å². The van der Waals surface area contributed by atoms with Gasteiger partial charge in [-0.15, -0.1) is 8.42 Å². The van der Waals surface area contributed by atoms with E-state index < -0.39 is 29.3 Å². The molecule has 1 rings (SSSR count). The van der Waals surface area contributed by atoms with Gasteiger partial charge in [-0.1, -0.05) is 48.6 Å². The summed E-state index contributed by atoms with van der Waals surface area (Å²) >= 11 is 0. The van der Waals surface area contributed by atoms with Crippen LogP contribution in [0, 0.1) is 0 Å². The molecule has 0 aromatic carbocycles. The normalized spacial score (nSPS) is 13.7. The highest BCUT2D eigenvalue weighted by molar-refractivity contribution is 7.80. The predicted octanol–water partition coefficient (Wildman–Crippen LogP) is 4.84. The van der Waals surface area contributed by atoms with Crippen LogP contribution in [0.5, 0.6) is 0 Å². The Bertz CT molecular complexity index is 594. The van der Waals surface area contributed by atoms with Crippen molar-refractivity contribution in [2.24, 2.45) is 0 Å². The Morgan fingerprint density at radius 2 is 1.35 bits per heavy atom. The molecule has 1 aromatic heterocycles. The molecule has 1 aromatic rings. The minimum Gasteiger partial charge on any atom is -0.215 e. The maximum atomic E-state index is 13.7. The third-order valence-corrected chi connectivity index (χ3v) is 5.03. The van der Waals surface area contributed by atoms with E-state index >= 15 is 0 Å². The first-order valence-corrected chi connectivity index (χ1v) is 10.2. The van der Waals surface area contributed by atoms with Crippen LogP contribution >= 0.6 is 0 Å². The summed E-state index contributed by atoms with van der Waals surface area (Å²) in [5.74, 6) is 0. The molecule has 0 aliphatic carbocycles. The van der Waals surface area contributed by atoms with E-state index in [1.54, 1.807) is 6.07 Å². The number of nitrogens with zero attached hydrogens (tertiary/aromatic N) is 1. The highest BCUT2D eigenvalue weighted by Crippen LogP contribution is 2.23. The number of hydrogen-bond acceptors (Lipinski definition) is 3. The molecule has 9 heteroatoms. The van der Waals surface area contributed by atoms with E-state index in [-0.39, 0.29) is 12.8 Å². The molecular weight excluding hydrogens is 374 g/mol. The minimum atomic E-state index is -4.17. The van der Waals surface area contributed by atoms with Gasteiger partial charge in [0.2, 0.25) is 6.36 Å². The summed E-state index contributed by atoms with van der Waals surface area (Å²) in [7, 11) is -4.17. The van der Waals surface area contributed by atoms with E-state index in [1.807, 2.05) is 0 Å². The van der Waals surface area contributed by atoms with Gasteiger partial charge in [-0.2, -0.15) is 17.4 Å². The molecule has 0 radical (unpaired) electrons. The van der Waals surface area contributed by atoms with E-state index in [0.717, 1.165) is 36.1 Å². The number of aromatic nitrogens is 1. The number of unbranched alkanes of at least 4 members (excludes halogenated alkanes) is 7. The lowest BCUT2D eigenvalue weighted by Crippen LogP contribution is -2.44. The monoisotopic (exact) mass is 400 g/mol. The third kappa shape index (κ3) is 10.7. The average Bonchev–Trinajstić information content (AvgIpc) is 2.56. The topological polar surface area (TPSA) is 47.3 Å². The second-order valence-electron chi connectivity index (χ2n) is 6.15. The van der Waals surface area contributed by atoms with Crippen molar-refractivity contribution >= 4 is 10.3 Å². The van der Waals surface area contributed by atoms with Crippen LogP contribution in [0.4, 0.5) is 17.6 Å². The first-order valence-electron chi connectivity index (χ1n) is 8.81. The fourth-order valence-electron chi connectivity index (χ4n) is 2.45. The molecule has 0 saturated heterocycles. The van der Waals surface area contributed by atoms with Crippen molar-refractivity contribution in [1.29, 1.82) is 0 Å². The molecule has 0 amide bonds. The van der Waals surface area contributed by atoms with Gasteiger partial charge in [0.25, 0.3) is 0 Å². The molecule has 0 aliphatic heterocycles. The zero-order valence-electron chi connectivity index (χ0n) is 14.6. The number of hydrogen-bond donors (Lipinski definition) is 0. The number of rotatable bonds is 13. The van der Waals surface area contributed by atoms with Crippen molar-refractivity contribution in [3.05, 3.63) is 30.6 Å². The zero-order valence-corrected chi connectivity index (χ0v) is 15.4. The molecule has 1 heterocycles. The van der Waals surface area contributed by atoms with E-state index in [2.05, 4.69) is 4.18 Å². The van der Waals surface area contributed by atoms with Gasteiger partial charge in [-0.25, -0.2) is 4.39 Å². The Balaban J connectivity index is 2.04. The molecule has 1 unspecified atom stereocenters. The first kappa shape index (κ1) is 22.8. The second kappa shape index (κ2) is 11.5. The van der Waals surface area contributed by atoms with Gasteiger partial charge in [0.15, 0.2) is 12.4 Å². The number of halogens is 4. The highest BCUT2D eigenvalue weighted by atomic mass is 32.2. The molecule has 0 fully saturated rings. The fourth-order valence-corrected chi connectivity index (χ4v) is 3.35. The lowest BCUT2D eigenvalue weighted by atomic mass is 10.1. The van der Waals surface area contributed by atoms with Crippen molar-refractivity contribution < 1.29 is 34.1 Å². The van der Waals surface area contributed by atoms with Crippen LogP contribution in [0.15, 0.2) is 30.6 Å². The van der Waals surface area contributed by atoms with Crippen molar-refractivity contribution in [3.63, 3.8) is 0 Å². The minimum absolute atomic E-state index is 0.0157. The van der Waals surface area contributed by atoms with Crippen LogP contribution in [-0.2, 0) is 14.5 Å². The Labute approximate surface area is 152 Å². The number of pyridine rings is 1. The standard InChI is InChI=1S/C17H26F4NO3S/c18-16(25-26(23,24)22-14-10-7-11-15-22)12-8-5-3-1-2-4-6-9-13-17(19,20)21/h7,10-11,14-16H,1-6,8-9,12-13H2/q+1. The number of alkyl halides is 4. The quantitative estimate of drug-likeness (QED) is 0.270. The predicted molar refractivity (Wildman–Crippen MR) is 89.2 cm³/mol. The Hall–Kier alpha value is -1.22. The van der Waals surface area contributed by atoms with Gasteiger partial charge in [0.05, 0.1) is 0 Å². The molecule has 26 heavy (non-hydrogen) atoms. The van der Waals surface area contributed by atoms with E-state index in [0.29, 0.717) is 12.8 Å². The molecular formula is C17H26F4NO3S+. The Morgan fingerprint density at radius 1 is 0.846 bits per heavy atom. The lowest BCUT2D eigenvalue weighted by Gasteiger charge is -2.07. The maximum absolute atomic E-state index is 13.7. The largest absolute Gasteiger partial charge is 0.516 e. The average molecular weight is 400 g/mol. The van der Waals surface area contributed by atoms with Crippen LogP contribution in [0.2, 0.25) is 0 Å². The van der Waals surface area contributed by atoms with Gasteiger partial charge in [-0.05, 0) is 12.8 Å². The van der Waals surface area contributed by atoms with Crippen molar-refractivity contribution in [2.45, 2.75) is 76.7 Å². The van der Waals surface area contributed by atoms with E-state index in [9.17, 15) is 26.0 Å². The smallest absolute Gasteiger partial charge is 0.215 e. The summed E-state index contributed by atoms with van der Waals surface area (Å²) in [5.41, 5.74) is 0. The lowest BCUT2D eigenvalue weighted by molar-refractivity contribution is -0.521. The van der Waals surface area contributed by atoms with Crippen molar-refractivity contribution in [1.82, 2.24) is 0 Å². The first-order chi connectivity index (χ1) is 12.2. The molecule has 0 N–H and O–H groups in total. The SMILES string of the molecule is O=S(=O)(OC(F)CCCCCCCCCCC(F)(F)F)[n+]1ccccc1. The fraction of sp³-hybridized carbons (Fsp3) is 0.706. The Kier molecular flexibility index (Phi) is 10.1. The summed E-state index contributed by atoms with van der Waals surface area (Å²) in [6.07, 6.45) is 1.09. The zero-order chi connectivity index (χ0) is 19.5. The summed E-state index contributed by atoms with van der Waals surface area (Å²) in [6.45, 7) is 0. The van der Waals surface area contributed by atoms with Crippen LogP contribution in [0.25, 0.3) is 0 Å². The van der Waals surface area contributed by atoms with Gasteiger partial charge in [-0.3, -0.25) is 0 Å². The molecule has 0 saturated carbocycles. The van der Waals surface area contributed by atoms with E-state index in [4.69, 9.17) is 0 Å². The molecule has 0 aliphatic rings. The highest BCUT2D eigenvalue weighted by Gasteiger charge is 2.27. The molecule has 1 atom stereocenters. The molecule has 0 spiro atoms. The van der Waals surface area contributed by atoms with Crippen molar-refractivity contribution in [3.8, 4) is 0 Å². The maximum Gasteiger partial charge on any atom is 0.516 e. The second-order valence-corrected chi connectivity index (χ2v) is 7.62.